The van der Waals surface area contributed by atoms with E-state index in [2.05, 4.69) is 15.2 Å². The van der Waals surface area contributed by atoms with E-state index in [4.69, 9.17) is 29.2 Å². The third kappa shape index (κ3) is 6.80. The van der Waals surface area contributed by atoms with Crippen LogP contribution in [0.2, 0.25) is 0 Å². The van der Waals surface area contributed by atoms with Crippen LogP contribution in [0.5, 0.6) is 0 Å². The number of ether oxygens (including phenoxy) is 4. The van der Waals surface area contributed by atoms with Crippen LogP contribution in [0.1, 0.15) is 20.3 Å². The summed E-state index contributed by atoms with van der Waals surface area (Å²) in [5.74, 6) is -0.351. The molecule has 0 spiro atoms. The molecule has 35 heavy (non-hydrogen) atoms. The number of aliphatic imine (C=N–C) groups is 1. The lowest BCUT2D eigenvalue weighted by atomic mass is 9.87. The van der Waals surface area contributed by atoms with E-state index >= 15 is 0 Å². The van der Waals surface area contributed by atoms with Crippen molar-refractivity contribution in [1.29, 1.82) is 0 Å². The molecule has 6 atom stereocenters. The Morgan fingerprint density at radius 1 is 1.40 bits per heavy atom. The summed E-state index contributed by atoms with van der Waals surface area (Å²) in [7, 11) is -2.47. The first kappa shape index (κ1) is 27.6. The zero-order chi connectivity index (χ0) is 25.4. The minimum atomic E-state index is -2.47. The van der Waals surface area contributed by atoms with Gasteiger partial charge in [0.2, 0.25) is 0 Å². The second kappa shape index (κ2) is 12.8. The molecule has 5 N–H and O–H groups in total. The van der Waals surface area contributed by atoms with E-state index in [1.54, 1.807) is 6.08 Å². The molecular weight excluding hydrogens is 485 g/mol. The molecule has 3 unspecified atom stereocenters. The maximum Gasteiger partial charge on any atom is 0.613 e. The Labute approximate surface area is 204 Å². The van der Waals surface area contributed by atoms with Crippen molar-refractivity contribution in [3.05, 3.63) is 11.8 Å². The Kier molecular flexibility index (Phi) is 10.1. The summed E-state index contributed by atoms with van der Waals surface area (Å²) >= 11 is 0. The Morgan fingerprint density at radius 3 is 2.91 bits per heavy atom. The summed E-state index contributed by atoms with van der Waals surface area (Å²) in [5, 5.41) is 30.1. The maximum absolute atomic E-state index is 12.2. The number of nitrogens with two attached hydrogens (primary N) is 1. The lowest BCUT2D eigenvalue weighted by Gasteiger charge is -2.37. The highest BCUT2D eigenvalue weighted by molar-refractivity contribution is 7.36. The predicted octanol–water partition coefficient (Wildman–Crippen LogP) is -1.00. The van der Waals surface area contributed by atoms with Crippen LogP contribution in [-0.4, -0.2) is 110 Å². The lowest BCUT2D eigenvalue weighted by Crippen LogP contribution is -2.58. The van der Waals surface area contributed by atoms with Gasteiger partial charge >= 0.3 is 14.1 Å². The number of amidine groups is 1. The van der Waals surface area contributed by atoms with E-state index in [-0.39, 0.29) is 32.3 Å². The number of nitrogens with one attached hydrogen (secondary N) is 1. The van der Waals surface area contributed by atoms with Crippen LogP contribution in [0, 0.1) is 0 Å². The monoisotopic (exact) mass is 518 g/mol. The van der Waals surface area contributed by atoms with E-state index in [1.165, 1.54) is 18.3 Å². The van der Waals surface area contributed by atoms with Gasteiger partial charge in [-0.1, -0.05) is 11.2 Å². The van der Waals surface area contributed by atoms with Crippen molar-refractivity contribution in [3.63, 3.8) is 0 Å². The highest BCUT2D eigenvalue weighted by atomic mass is 31.1. The number of nitrogens with zero attached hydrogens (tertiary/aromatic N) is 3. The molecule has 3 rings (SSSR count). The minimum absolute atomic E-state index is 0.0472. The van der Waals surface area contributed by atoms with Crippen LogP contribution in [0.3, 0.4) is 0 Å². The van der Waals surface area contributed by atoms with E-state index in [0.29, 0.717) is 31.9 Å². The molecule has 0 saturated carbocycles. The molecule has 0 aromatic carbocycles. The molecule has 0 aromatic rings. The molecule has 0 aliphatic carbocycles. The highest BCUT2D eigenvalue weighted by Crippen LogP contribution is 2.38. The van der Waals surface area contributed by atoms with Gasteiger partial charge in [0.15, 0.2) is 5.84 Å². The number of fused-ring (bicyclic) bond motifs is 1. The number of aliphatic hydroxyl groups is 2. The average Bonchev–Trinajstić information content (AvgIpc) is 3.40. The van der Waals surface area contributed by atoms with E-state index in [0.717, 1.165) is 0 Å². The lowest BCUT2D eigenvalue weighted by molar-refractivity contribution is -0.146. The van der Waals surface area contributed by atoms with Gasteiger partial charge in [0.05, 0.1) is 38.2 Å². The number of rotatable bonds is 14. The van der Waals surface area contributed by atoms with Crippen LogP contribution < -0.4 is 10.8 Å². The van der Waals surface area contributed by atoms with Crippen molar-refractivity contribution >= 4 is 26.3 Å². The van der Waals surface area contributed by atoms with E-state index in [1.807, 2.05) is 6.92 Å². The molecule has 3 heterocycles. The van der Waals surface area contributed by atoms with Gasteiger partial charge in [-0.15, -0.1) is 4.52 Å². The fourth-order valence-corrected chi connectivity index (χ4v) is 4.60. The zero-order valence-electron chi connectivity index (χ0n) is 19.7. The number of carbonyl (C=O) groups excluding carboxylic acids is 1. The van der Waals surface area contributed by atoms with Crippen molar-refractivity contribution in [2.24, 2.45) is 15.8 Å². The predicted molar refractivity (Wildman–Crippen MR) is 124 cm³/mol. The number of carbonyl (C=O) groups is 1. The molecule has 1 saturated heterocycles. The summed E-state index contributed by atoms with van der Waals surface area (Å²) in [4.78, 5) is 15.9. The van der Waals surface area contributed by atoms with E-state index in [9.17, 15) is 19.6 Å². The van der Waals surface area contributed by atoms with Gasteiger partial charge in [-0.3, -0.25) is 9.80 Å². The van der Waals surface area contributed by atoms with Gasteiger partial charge in [-0.2, -0.15) is 5.10 Å². The molecule has 15 heteroatoms. The largest absolute Gasteiger partial charge is 0.613 e. The van der Waals surface area contributed by atoms with Crippen LogP contribution in [-0.2, 0) is 32.8 Å². The summed E-state index contributed by atoms with van der Waals surface area (Å²) in [5.41, 5.74) is 4.75. The molecule has 0 bridgehead atoms. The SMILES string of the molecule is CCOCCOCCOC(=O)[C@H](C)N[P+](=O)OC[C@H]1OCC(O)(C2CC=C3C(N)=NC=NN32)[C@@H]1O. The van der Waals surface area contributed by atoms with Crippen molar-refractivity contribution < 1.29 is 43.0 Å². The standard InChI is InChI=1S/C20H33N5O9P/c1-3-30-6-7-31-8-9-32-19(27)13(2)24-35(29)34-10-15-17(26)20(28,11-33-15)16-5-4-14-18(21)22-12-23-25(14)16/h4,12-13,15-17,26,28H,3,5-11H2,1-2H3,(H,24,29)(H2,21,22,23)/q+1/t13-,15+,16?,17+,20?/m0/s1. The fraction of sp³-hybridized carbons (Fsp3) is 0.750. The number of aliphatic hydroxyl groups excluding tert-OH is 1. The first-order valence-electron chi connectivity index (χ1n) is 11.3. The molecular formula is C20H33N5O9P+. The molecule has 0 aromatic heterocycles. The Balaban J connectivity index is 1.38. The van der Waals surface area contributed by atoms with Gasteiger partial charge in [0.25, 0.3) is 0 Å². The van der Waals surface area contributed by atoms with Crippen LogP contribution in [0.4, 0.5) is 0 Å². The quantitative estimate of drug-likeness (QED) is 0.125. The van der Waals surface area contributed by atoms with Gasteiger partial charge in [-0.25, -0.2) is 4.99 Å². The first-order chi connectivity index (χ1) is 16.8. The second-order valence-electron chi connectivity index (χ2n) is 8.10. The maximum atomic E-state index is 12.2. The topological polar surface area (TPSA) is 187 Å². The molecule has 3 aliphatic heterocycles. The van der Waals surface area contributed by atoms with Crippen LogP contribution in [0.25, 0.3) is 0 Å². The normalized spacial score (nSPS) is 29.0. The van der Waals surface area contributed by atoms with Crippen molar-refractivity contribution in [3.8, 4) is 0 Å². The Morgan fingerprint density at radius 2 is 2.14 bits per heavy atom. The molecule has 3 aliphatic rings. The molecule has 0 radical (unpaired) electrons. The molecule has 14 nitrogen and oxygen atoms in total. The van der Waals surface area contributed by atoms with Gasteiger partial charge < -0.3 is 34.9 Å². The Hall–Kier alpha value is -2.03. The van der Waals surface area contributed by atoms with Gasteiger partial charge in [-0.05, 0) is 24.8 Å². The van der Waals surface area contributed by atoms with Crippen LogP contribution >= 0.6 is 8.18 Å². The second-order valence-corrected chi connectivity index (χ2v) is 9.13. The molecule has 1 fully saturated rings. The van der Waals surface area contributed by atoms with Crippen molar-refractivity contribution in [2.75, 3.05) is 46.2 Å². The minimum Gasteiger partial charge on any atom is -0.462 e. The zero-order valence-corrected chi connectivity index (χ0v) is 20.6. The highest BCUT2D eigenvalue weighted by Gasteiger charge is 2.57. The number of hydrogen-bond acceptors (Lipinski definition) is 13. The number of hydrogen-bond donors (Lipinski definition) is 4. The summed E-state index contributed by atoms with van der Waals surface area (Å²) < 4.78 is 38.5. The van der Waals surface area contributed by atoms with Crippen molar-refractivity contribution in [2.45, 2.75) is 50.2 Å². The Bertz CT molecular complexity index is 857. The van der Waals surface area contributed by atoms with Gasteiger partial charge in [0.1, 0.15) is 43.4 Å². The van der Waals surface area contributed by atoms with Crippen molar-refractivity contribution in [1.82, 2.24) is 10.1 Å². The fourth-order valence-electron chi connectivity index (χ4n) is 3.83. The summed E-state index contributed by atoms with van der Waals surface area (Å²) in [6.45, 7) is 4.63. The van der Waals surface area contributed by atoms with Gasteiger partial charge in [0, 0.05) is 6.61 Å². The molecule has 0 amide bonds. The van der Waals surface area contributed by atoms with Crippen LogP contribution in [0.15, 0.2) is 21.9 Å². The smallest absolute Gasteiger partial charge is 0.462 e. The molecule has 196 valence electrons. The summed E-state index contributed by atoms with van der Waals surface area (Å²) in [6.07, 6.45) is 1.14. The average molecular weight is 518 g/mol. The third-order valence-electron chi connectivity index (χ3n) is 5.74. The number of hydrazone groups is 1. The number of esters is 1. The van der Waals surface area contributed by atoms with E-state index < -0.39 is 44.0 Å². The third-order valence-corrected chi connectivity index (χ3v) is 6.72. The first-order valence-corrected chi connectivity index (χ1v) is 12.5. The summed E-state index contributed by atoms with van der Waals surface area (Å²) in [6, 6.07) is -1.52.